The van der Waals surface area contributed by atoms with Crippen molar-refractivity contribution < 1.29 is 18.3 Å². The lowest BCUT2D eigenvalue weighted by Crippen LogP contribution is -2.36. The highest BCUT2D eigenvalue weighted by atomic mass is 19.3. The van der Waals surface area contributed by atoms with Crippen molar-refractivity contribution in [1.29, 1.82) is 0 Å². The predicted octanol–water partition coefficient (Wildman–Crippen LogP) is 2.43. The van der Waals surface area contributed by atoms with Gasteiger partial charge in [0.25, 0.3) is 12.2 Å². The molecule has 1 saturated heterocycles. The Morgan fingerprint density at radius 3 is 2.83 bits per heavy atom. The largest absolute Gasteiger partial charge is 0.450 e. The van der Waals surface area contributed by atoms with Crippen LogP contribution in [-0.4, -0.2) is 36.7 Å². The van der Waals surface area contributed by atoms with E-state index in [9.17, 15) is 8.78 Å². The molecule has 0 amide bonds. The Kier molecular flexibility index (Phi) is 2.66. The number of halogens is 2. The number of hydrogen-bond donors (Lipinski definition) is 0. The van der Waals surface area contributed by atoms with Crippen molar-refractivity contribution in [3.8, 4) is 11.5 Å². The number of alkyl halides is 2. The summed E-state index contributed by atoms with van der Waals surface area (Å²) in [6, 6.07) is 5.69. The van der Waals surface area contributed by atoms with Gasteiger partial charge in [-0.15, -0.1) is 0 Å². The molecule has 98 valence electrons. The zero-order valence-electron chi connectivity index (χ0n) is 10.2. The van der Waals surface area contributed by atoms with Crippen molar-refractivity contribution in [2.45, 2.75) is 25.6 Å². The van der Waals surface area contributed by atoms with Gasteiger partial charge in [-0.1, -0.05) is 6.07 Å². The van der Waals surface area contributed by atoms with Crippen LogP contribution >= 0.6 is 0 Å². The molecule has 0 saturated carbocycles. The lowest BCUT2D eigenvalue weighted by atomic mass is 10.2. The third-order valence-corrected chi connectivity index (χ3v) is 3.27. The van der Waals surface area contributed by atoms with Crippen LogP contribution in [0.15, 0.2) is 18.2 Å². The van der Waals surface area contributed by atoms with Gasteiger partial charge in [-0.25, -0.2) is 8.78 Å². The van der Waals surface area contributed by atoms with Gasteiger partial charge in [0, 0.05) is 13.0 Å². The number of aryl methyl sites for hydroxylation is 1. The van der Waals surface area contributed by atoms with E-state index in [4.69, 9.17) is 9.47 Å². The SMILES string of the molecule is Cc1ccc2c(c1)OC(CN1CCC(F)(F)C1)O2. The van der Waals surface area contributed by atoms with Gasteiger partial charge in [-0.2, -0.15) is 0 Å². The first kappa shape index (κ1) is 11.7. The molecular formula is C13H15F2NO2. The van der Waals surface area contributed by atoms with Gasteiger partial charge in [-0.3, -0.25) is 4.90 Å². The van der Waals surface area contributed by atoms with E-state index in [0.717, 1.165) is 5.56 Å². The molecule has 1 aromatic carbocycles. The first-order chi connectivity index (χ1) is 8.52. The molecule has 0 bridgehead atoms. The van der Waals surface area contributed by atoms with Gasteiger partial charge in [-0.05, 0) is 24.6 Å². The highest BCUT2D eigenvalue weighted by Crippen LogP contribution is 2.36. The molecule has 2 aliphatic heterocycles. The Hall–Kier alpha value is -1.36. The molecular weight excluding hydrogens is 240 g/mol. The lowest BCUT2D eigenvalue weighted by molar-refractivity contribution is -0.00935. The van der Waals surface area contributed by atoms with Gasteiger partial charge >= 0.3 is 0 Å². The van der Waals surface area contributed by atoms with Crippen LogP contribution in [0.3, 0.4) is 0 Å². The summed E-state index contributed by atoms with van der Waals surface area (Å²) in [4.78, 5) is 1.68. The van der Waals surface area contributed by atoms with Crippen molar-refractivity contribution >= 4 is 0 Å². The number of fused-ring (bicyclic) bond motifs is 1. The number of likely N-dealkylation sites (tertiary alicyclic amines) is 1. The molecule has 1 unspecified atom stereocenters. The first-order valence-electron chi connectivity index (χ1n) is 6.06. The summed E-state index contributed by atoms with van der Waals surface area (Å²) in [5.41, 5.74) is 1.09. The van der Waals surface area contributed by atoms with Crippen LogP contribution in [0.25, 0.3) is 0 Å². The average Bonchev–Trinajstić information content (AvgIpc) is 2.81. The van der Waals surface area contributed by atoms with Crippen LogP contribution in [0.2, 0.25) is 0 Å². The second-order valence-corrected chi connectivity index (χ2v) is 4.96. The van der Waals surface area contributed by atoms with E-state index in [-0.39, 0.29) is 13.0 Å². The predicted molar refractivity (Wildman–Crippen MR) is 62.2 cm³/mol. The van der Waals surface area contributed by atoms with Crippen molar-refractivity contribution in [2.24, 2.45) is 0 Å². The normalized spacial score (nSPS) is 25.6. The fraction of sp³-hybridized carbons (Fsp3) is 0.538. The molecule has 0 radical (unpaired) electrons. The van der Waals surface area contributed by atoms with E-state index in [2.05, 4.69) is 0 Å². The number of benzene rings is 1. The summed E-state index contributed by atoms with van der Waals surface area (Å²) in [6.07, 6.45) is -0.554. The summed E-state index contributed by atoms with van der Waals surface area (Å²) in [7, 11) is 0. The number of ether oxygens (including phenoxy) is 2. The van der Waals surface area contributed by atoms with Crippen molar-refractivity contribution in [3.63, 3.8) is 0 Å². The third kappa shape index (κ3) is 2.27. The molecule has 0 aliphatic carbocycles. The van der Waals surface area contributed by atoms with Crippen LogP contribution < -0.4 is 9.47 Å². The van der Waals surface area contributed by atoms with E-state index in [1.54, 1.807) is 4.90 Å². The average molecular weight is 255 g/mol. The molecule has 3 nitrogen and oxygen atoms in total. The molecule has 5 heteroatoms. The molecule has 0 spiro atoms. The van der Waals surface area contributed by atoms with Crippen molar-refractivity contribution in [3.05, 3.63) is 23.8 Å². The zero-order chi connectivity index (χ0) is 12.8. The Bertz CT molecular complexity index is 464. The minimum absolute atomic E-state index is 0.0776. The molecule has 2 heterocycles. The van der Waals surface area contributed by atoms with E-state index < -0.39 is 12.2 Å². The molecule has 1 fully saturated rings. The van der Waals surface area contributed by atoms with E-state index in [0.29, 0.717) is 24.6 Å². The lowest BCUT2D eigenvalue weighted by Gasteiger charge is -2.19. The Morgan fingerprint density at radius 2 is 2.11 bits per heavy atom. The summed E-state index contributed by atoms with van der Waals surface area (Å²) < 4.78 is 37.3. The molecule has 18 heavy (non-hydrogen) atoms. The maximum absolute atomic E-state index is 13.1. The molecule has 3 rings (SSSR count). The van der Waals surface area contributed by atoms with Gasteiger partial charge < -0.3 is 9.47 Å². The summed E-state index contributed by atoms with van der Waals surface area (Å²) in [6.45, 7) is 2.54. The van der Waals surface area contributed by atoms with Crippen molar-refractivity contribution in [1.82, 2.24) is 4.90 Å². The second kappa shape index (κ2) is 4.09. The summed E-state index contributed by atoms with van der Waals surface area (Å²) in [5, 5.41) is 0. The van der Waals surface area contributed by atoms with Crippen LogP contribution in [0.4, 0.5) is 8.78 Å². The Morgan fingerprint density at radius 1 is 1.33 bits per heavy atom. The van der Waals surface area contributed by atoms with Crippen LogP contribution in [-0.2, 0) is 0 Å². The fourth-order valence-electron chi connectivity index (χ4n) is 2.36. The highest BCUT2D eigenvalue weighted by Gasteiger charge is 2.40. The van der Waals surface area contributed by atoms with E-state index >= 15 is 0 Å². The molecule has 2 aliphatic rings. The molecule has 1 atom stereocenters. The van der Waals surface area contributed by atoms with E-state index in [1.165, 1.54) is 0 Å². The fourth-order valence-corrected chi connectivity index (χ4v) is 2.36. The molecule has 0 aromatic heterocycles. The topological polar surface area (TPSA) is 21.7 Å². The minimum atomic E-state index is -2.57. The maximum Gasteiger partial charge on any atom is 0.261 e. The standard InChI is InChI=1S/C13H15F2NO2/c1-9-2-3-10-11(6-9)18-12(17-10)7-16-5-4-13(14,15)8-16/h2-3,6,12H,4-5,7-8H2,1H3. The number of hydrogen-bond acceptors (Lipinski definition) is 3. The van der Waals surface area contributed by atoms with Crippen molar-refractivity contribution in [2.75, 3.05) is 19.6 Å². The minimum Gasteiger partial charge on any atom is -0.450 e. The summed E-state index contributed by atoms with van der Waals surface area (Å²) >= 11 is 0. The van der Waals surface area contributed by atoms with Gasteiger partial charge in [0.15, 0.2) is 11.5 Å². The quantitative estimate of drug-likeness (QED) is 0.810. The molecule has 0 N–H and O–H groups in total. The van der Waals surface area contributed by atoms with Gasteiger partial charge in [0.2, 0.25) is 0 Å². The monoisotopic (exact) mass is 255 g/mol. The van der Waals surface area contributed by atoms with Crippen LogP contribution in [0.5, 0.6) is 11.5 Å². The Balaban J connectivity index is 1.61. The second-order valence-electron chi connectivity index (χ2n) is 4.96. The summed E-state index contributed by atoms with van der Waals surface area (Å²) in [5.74, 6) is -1.18. The first-order valence-corrected chi connectivity index (χ1v) is 6.06. The third-order valence-electron chi connectivity index (χ3n) is 3.27. The van der Waals surface area contributed by atoms with Gasteiger partial charge in [0.05, 0.1) is 13.1 Å². The number of nitrogens with zero attached hydrogens (tertiary/aromatic N) is 1. The zero-order valence-corrected chi connectivity index (χ0v) is 10.2. The highest BCUT2D eigenvalue weighted by molar-refractivity contribution is 5.44. The van der Waals surface area contributed by atoms with Crippen LogP contribution in [0, 0.1) is 6.92 Å². The molecule has 1 aromatic rings. The Labute approximate surface area is 104 Å². The number of rotatable bonds is 2. The van der Waals surface area contributed by atoms with Gasteiger partial charge in [0.1, 0.15) is 0 Å². The van der Waals surface area contributed by atoms with E-state index in [1.807, 2.05) is 25.1 Å². The smallest absolute Gasteiger partial charge is 0.261 e. The van der Waals surface area contributed by atoms with Crippen LogP contribution in [0.1, 0.15) is 12.0 Å². The maximum atomic E-state index is 13.1.